The smallest absolute Gasteiger partial charge is 0.315 e. The second kappa shape index (κ2) is 6.19. The van der Waals surface area contributed by atoms with E-state index in [2.05, 4.69) is 16.5 Å². The van der Waals surface area contributed by atoms with Gasteiger partial charge in [0.25, 0.3) is 0 Å². The van der Waals surface area contributed by atoms with Crippen LogP contribution in [-0.2, 0) is 23.8 Å². The Bertz CT molecular complexity index is 875. The Morgan fingerprint density at radius 2 is 2.20 bits per heavy atom. The first kappa shape index (κ1) is 17.5. The van der Waals surface area contributed by atoms with Crippen molar-refractivity contribution in [2.45, 2.75) is 45.3 Å². The van der Waals surface area contributed by atoms with Crippen molar-refractivity contribution in [3.05, 3.63) is 33.5 Å². The maximum absolute atomic E-state index is 12.8. The van der Waals surface area contributed by atoms with Gasteiger partial charge in [0.15, 0.2) is 5.69 Å². The number of halogens is 3. The van der Waals surface area contributed by atoms with E-state index in [-0.39, 0.29) is 5.69 Å². The summed E-state index contributed by atoms with van der Waals surface area (Å²) in [5, 5.41) is 16.0. The maximum atomic E-state index is 12.8. The summed E-state index contributed by atoms with van der Waals surface area (Å²) in [5.74, 6) is -0.503. The number of carbonyl (C=O) groups is 1. The van der Waals surface area contributed by atoms with Crippen LogP contribution in [0.2, 0.25) is 0 Å². The molecule has 0 saturated carbocycles. The van der Waals surface area contributed by atoms with Crippen molar-refractivity contribution in [3.63, 3.8) is 0 Å². The average Bonchev–Trinajstić information content (AvgIpc) is 3.19. The van der Waals surface area contributed by atoms with Crippen LogP contribution in [0.5, 0.6) is 0 Å². The minimum Gasteiger partial charge on any atom is -0.315 e. The number of fused-ring (bicyclic) bond motifs is 1. The quantitative estimate of drug-likeness (QED) is 0.895. The molecule has 0 fully saturated rings. The number of aromatic nitrogens is 2. The first-order valence-electron chi connectivity index (χ1n) is 7.71. The second-order valence-electron chi connectivity index (χ2n) is 5.95. The third kappa shape index (κ3) is 3.14. The lowest BCUT2D eigenvalue weighted by molar-refractivity contribution is -0.141. The fraction of sp³-hybridized carbons (Fsp3) is 0.438. The van der Waals surface area contributed by atoms with Crippen LogP contribution in [0.25, 0.3) is 0 Å². The van der Waals surface area contributed by atoms with Gasteiger partial charge in [-0.1, -0.05) is 0 Å². The van der Waals surface area contributed by atoms with E-state index in [1.807, 2.05) is 0 Å². The van der Waals surface area contributed by atoms with Gasteiger partial charge in [0, 0.05) is 10.6 Å². The van der Waals surface area contributed by atoms with Crippen LogP contribution in [-0.4, -0.2) is 15.7 Å². The number of thiophene rings is 1. The van der Waals surface area contributed by atoms with Gasteiger partial charge in [-0.3, -0.25) is 9.48 Å². The molecular weight excluding hydrogens is 353 g/mol. The normalized spacial score (nSPS) is 14.9. The molecule has 1 atom stereocenters. The van der Waals surface area contributed by atoms with E-state index in [0.717, 1.165) is 40.5 Å². The predicted molar refractivity (Wildman–Crippen MR) is 86.4 cm³/mol. The zero-order valence-electron chi connectivity index (χ0n) is 13.6. The summed E-state index contributed by atoms with van der Waals surface area (Å²) in [6, 6.07) is 2.10. The van der Waals surface area contributed by atoms with E-state index in [1.54, 1.807) is 0 Å². The van der Waals surface area contributed by atoms with Crippen LogP contribution in [0.3, 0.4) is 0 Å². The van der Waals surface area contributed by atoms with E-state index >= 15 is 0 Å². The van der Waals surface area contributed by atoms with E-state index in [4.69, 9.17) is 0 Å². The molecule has 5 nitrogen and oxygen atoms in total. The van der Waals surface area contributed by atoms with Gasteiger partial charge in [0.1, 0.15) is 17.1 Å². The Morgan fingerprint density at radius 1 is 1.48 bits per heavy atom. The van der Waals surface area contributed by atoms with E-state index in [0.29, 0.717) is 10.6 Å². The summed E-state index contributed by atoms with van der Waals surface area (Å²) in [6.07, 6.45) is -1.87. The number of aryl methyl sites for hydroxylation is 2. The summed E-state index contributed by atoms with van der Waals surface area (Å²) in [4.78, 5) is 13.6. The van der Waals surface area contributed by atoms with Gasteiger partial charge >= 0.3 is 6.18 Å². The van der Waals surface area contributed by atoms with E-state index < -0.39 is 23.8 Å². The number of carbonyl (C=O) groups excluding carboxylic acids is 1. The maximum Gasteiger partial charge on any atom is 0.435 e. The van der Waals surface area contributed by atoms with Gasteiger partial charge in [0.2, 0.25) is 5.91 Å². The number of amides is 1. The number of nitriles is 1. The molecule has 25 heavy (non-hydrogen) atoms. The molecule has 2 aromatic heterocycles. The first-order valence-corrected chi connectivity index (χ1v) is 8.53. The van der Waals surface area contributed by atoms with Crippen LogP contribution < -0.4 is 5.32 Å². The largest absolute Gasteiger partial charge is 0.435 e. The Morgan fingerprint density at radius 3 is 2.80 bits per heavy atom. The molecule has 1 amide bonds. The van der Waals surface area contributed by atoms with Crippen LogP contribution in [0, 0.1) is 18.3 Å². The average molecular weight is 368 g/mol. The van der Waals surface area contributed by atoms with Crippen molar-refractivity contribution in [3.8, 4) is 6.07 Å². The molecule has 1 aliphatic rings. The molecule has 2 aromatic rings. The number of nitrogens with one attached hydrogen (secondary N) is 1. The molecule has 1 unspecified atom stereocenters. The zero-order chi connectivity index (χ0) is 18.4. The monoisotopic (exact) mass is 368 g/mol. The van der Waals surface area contributed by atoms with E-state index in [1.165, 1.54) is 25.2 Å². The van der Waals surface area contributed by atoms with Gasteiger partial charge in [-0.2, -0.15) is 23.5 Å². The molecule has 0 spiro atoms. The number of nitrogens with zero attached hydrogens (tertiary/aromatic N) is 3. The highest BCUT2D eigenvalue weighted by Crippen LogP contribution is 2.39. The van der Waals surface area contributed by atoms with Gasteiger partial charge in [-0.05, 0) is 44.7 Å². The van der Waals surface area contributed by atoms with Crippen molar-refractivity contribution < 1.29 is 18.0 Å². The highest BCUT2D eigenvalue weighted by atomic mass is 32.1. The summed E-state index contributed by atoms with van der Waals surface area (Å²) in [7, 11) is 0. The van der Waals surface area contributed by atoms with Gasteiger partial charge in [-0.15, -0.1) is 11.3 Å². The number of anilines is 1. The van der Waals surface area contributed by atoms with Gasteiger partial charge in [0.05, 0.1) is 5.56 Å². The van der Waals surface area contributed by atoms with Crippen LogP contribution in [0.15, 0.2) is 6.07 Å². The molecule has 0 aliphatic heterocycles. The topological polar surface area (TPSA) is 70.7 Å². The summed E-state index contributed by atoms with van der Waals surface area (Å²) >= 11 is 1.36. The zero-order valence-corrected chi connectivity index (χ0v) is 14.4. The molecule has 1 N–H and O–H groups in total. The number of hydrogen-bond donors (Lipinski definition) is 1. The third-order valence-electron chi connectivity index (χ3n) is 4.23. The van der Waals surface area contributed by atoms with Crippen molar-refractivity contribution in [2.75, 3.05) is 5.32 Å². The molecule has 0 saturated heterocycles. The fourth-order valence-electron chi connectivity index (χ4n) is 2.96. The third-order valence-corrected chi connectivity index (χ3v) is 5.44. The minimum absolute atomic E-state index is 0.240. The molecule has 0 bridgehead atoms. The van der Waals surface area contributed by atoms with E-state index in [9.17, 15) is 23.2 Å². The van der Waals surface area contributed by atoms with Gasteiger partial charge in [-0.25, -0.2) is 0 Å². The van der Waals surface area contributed by atoms with Crippen LogP contribution in [0.4, 0.5) is 18.2 Å². The van der Waals surface area contributed by atoms with Crippen molar-refractivity contribution in [1.29, 1.82) is 5.26 Å². The minimum atomic E-state index is -4.56. The lowest BCUT2D eigenvalue weighted by atomic mass is 10.1. The predicted octanol–water partition coefficient (Wildman–Crippen LogP) is 3.83. The van der Waals surface area contributed by atoms with Crippen molar-refractivity contribution in [1.82, 2.24) is 9.78 Å². The number of alkyl halides is 3. The van der Waals surface area contributed by atoms with Crippen molar-refractivity contribution in [2.24, 2.45) is 0 Å². The standard InChI is InChI=1S/C16H15F3N4OS/c1-8-6-13(16(17,18)19)22-23(8)9(2)14(24)21-15-11(7-20)10-4-3-5-12(10)25-15/h6,9H,3-5H2,1-2H3,(H,21,24). The Balaban J connectivity index is 1.83. The lowest BCUT2D eigenvalue weighted by Gasteiger charge is -2.14. The summed E-state index contributed by atoms with van der Waals surface area (Å²) in [5.41, 5.74) is 0.651. The van der Waals surface area contributed by atoms with Crippen LogP contribution in [0.1, 0.15) is 46.8 Å². The second-order valence-corrected chi connectivity index (χ2v) is 7.06. The molecule has 0 radical (unpaired) electrons. The SMILES string of the molecule is Cc1cc(C(F)(F)F)nn1C(C)C(=O)Nc1sc2c(c1C#N)CCC2. The molecule has 1 aliphatic carbocycles. The van der Waals surface area contributed by atoms with Crippen LogP contribution >= 0.6 is 11.3 Å². The molecule has 0 aromatic carbocycles. The van der Waals surface area contributed by atoms with Gasteiger partial charge < -0.3 is 5.32 Å². The first-order chi connectivity index (χ1) is 11.7. The summed E-state index contributed by atoms with van der Waals surface area (Å²) < 4.78 is 39.4. The molecule has 3 rings (SSSR count). The highest BCUT2D eigenvalue weighted by Gasteiger charge is 2.35. The lowest BCUT2D eigenvalue weighted by Crippen LogP contribution is -2.25. The Hall–Kier alpha value is -2.34. The molecule has 9 heteroatoms. The Kier molecular flexibility index (Phi) is 4.33. The molecule has 132 valence electrons. The highest BCUT2D eigenvalue weighted by molar-refractivity contribution is 7.16. The fourth-order valence-corrected chi connectivity index (χ4v) is 4.20. The number of rotatable bonds is 3. The number of hydrogen-bond acceptors (Lipinski definition) is 4. The molecule has 2 heterocycles. The Labute approximate surface area is 146 Å². The van der Waals surface area contributed by atoms with Crippen molar-refractivity contribution >= 4 is 22.2 Å². The molecular formula is C16H15F3N4OS. The summed E-state index contributed by atoms with van der Waals surface area (Å²) in [6.45, 7) is 2.94.